The third-order valence-corrected chi connectivity index (χ3v) is 3.60. The molecular weight excluding hydrogens is 258 g/mol. The molecule has 0 radical (unpaired) electrons. The van der Waals surface area contributed by atoms with Gasteiger partial charge in [-0.15, -0.1) is 0 Å². The number of ether oxygens (including phenoxy) is 1. The van der Waals surface area contributed by atoms with Gasteiger partial charge in [0.25, 0.3) is 0 Å². The standard InChI is InChI=1S/C15H19NO4/c1-15(9-13(17)18,12-7-8-12)16-14(19)20-10-11-5-3-2-4-6-11/h2-6,12H,7-10H2,1H3,(H,16,19)(H,17,18)/t15-/m1/s1. The number of benzene rings is 1. The van der Waals surface area contributed by atoms with Crippen molar-refractivity contribution in [1.82, 2.24) is 5.32 Å². The second-order valence-corrected chi connectivity index (χ2v) is 5.45. The van der Waals surface area contributed by atoms with E-state index < -0.39 is 17.6 Å². The molecule has 0 unspecified atom stereocenters. The summed E-state index contributed by atoms with van der Waals surface area (Å²) < 4.78 is 5.14. The van der Waals surface area contributed by atoms with Gasteiger partial charge in [-0.25, -0.2) is 4.79 Å². The molecule has 20 heavy (non-hydrogen) atoms. The molecule has 5 nitrogen and oxygen atoms in total. The summed E-state index contributed by atoms with van der Waals surface area (Å²) in [4.78, 5) is 22.7. The topological polar surface area (TPSA) is 75.6 Å². The van der Waals surface area contributed by atoms with E-state index in [0.717, 1.165) is 18.4 Å². The van der Waals surface area contributed by atoms with E-state index in [1.807, 2.05) is 30.3 Å². The van der Waals surface area contributed by atoms with Crippen molar-refractivity contribution in [2.75, 3.05) is 0 Å². The maximum atomic E-state index is 11.8. The Morgan fingerprint density at radius 1 is 1.35 bits per heavy atom. The van der Waals surface area contributed by atoms with Crippen molar-refractivity contribution in [3.63, 3.8) is 0 Å². The number of carboxylic acids is 1. The highest BCUT2D eigenvalue weighted by molar-refractivity contribution is 5.72. The molecule has 0 aliphatic heterocycles. The predicted molar refractivity (Wildman–Crippen MR) is 73.1 cm³/mol. The molecule has 1 aromatic rings. The zero-order chi connectivity index (χ0) is 14.6. The van der Waals surface area contributed by atoms with E-state index in [1.165, 1.54) is 0 Å². The molecule has 2 N–H and O–H groups in total. The Bertz CT molecular complexity index is 484. The summed E-state index contributed by atoms with van der Waals surface area (Å²) in [7, 11) is 0. The number of hydrogen-bond donors (Lipinski definition) is 2. The zero-order valence-electron chi connectivity index (χ0n) is 11.5. The highest BCUT2D eigenvalue weighted by Gasteiger charge is 2.44. The first kappa shape index (κ1) is 14.4. The summed E-state index contributed by atoms with van der Waals surface area (Å²) in [5.41, 5.74) is 0.175. The molecule has 0 heterocycles. The zero-order valence-corrected chi connectivity index (χ0v) is 11.5. The second-order valence-electron chi connectivity index (χ2n) is 5.45. The number of nitrogens with one attached hydrogen (secondary N) is 1. The Morgan fingerprint density at radius 3 is 2.55 bits per heavy atom. The Kier molecular flexibility index (Phi) is 4.27. The SMILES string of the molecule is C[C@](CC(=O)O)(NC(=O)OCc1ccccc1)C1CC1. The Labute approximate surface area is 117 Å². The third-order valence-electron chi connectivity index (χ3n) is 3.60. The normalized spacial score (nSPS) is 17.1. The van der Waals surface area contributed by atoms with Crippen LogP contribution >= 0.6 is 0 Å². The van der Waals surface area contributed by atoms with Crippen molar-refractivity contribution < 1.29 is 19.4 Å². The predicted octanol–water partition coefficient (Wildman–Crippen LogP) is 2.56. The Hall–Kier alpha value is -2.04. The number of alkyl carbamates (subject to hydrolysis) is 1. The van der Waals surface area contributed by atoms with Crippen molar-refractivity contribution >= 4 is 12.1 Å². The average molecular weight is 277 g/mol. The van der Waals surface area contributed by atoms with Crippen LogP contribution in [0.15, 0.2) is 30.3 Å². The van der Waals surface area contributed by atoms with Crippen LogP contribution in [0.4, 0.5) is 4.79 Å². The first-order valence-electron chi connectivity index (χ1n) is 6.70. The monoisotopic (exact) mass is 277 g/mol. The number of hydrogen-bond acceptors (Lipinski definition) is 3. The van der Waals surface area contributed by atoms with Crippen LogP contribution in [-0.4, -0.2) is 22.7 Å². The van der Waals surface area contributed by atoms with E-state index in [2.05, 4.69) is 5.32 Å². The van der Waals surface area contributed by atoms with Gasteiger partial charge in [0, 0.05) is 0 Å². The van der Waals surface area contributed by atoms with Gasteiger partial charge in [0.1, 0.15) is 6.61 Å². The fraction of sp³-hybridized carbons (Fsp3) is 0.467. The van der Waals surface area contributed by atoms with E-state index in [1.54, 1.807) is 6.92 Å². The molecule has 2 rings (SSSR count). The van der Waals surface area contributed by atoms with Gasteiger partial charge in [-0.1, -0.05) is 30.3 Å². The van der Waals surface area contributed by atoms with Crippen molar-refractivity contribution in [1.29, 1.82) is 0 Å². The lowest BCUT2D eigenvalue weighted by atomic mass is 9.92. The number of carbonyl (C=O) groups excluding carboxylic acids is 1. The first-order valence-corrected chi connectivity index (χ1v) is 6.70. The van der Waals surface area contributed by atoms with E-state index in [0.29, 0.717) is 0 Å². The number of carbonyl (C=O) groups is 2. The van der Waals surface area contributed by atoms with Crippen LogP contribution in [0.2, 0.25) is 0 Å². The number of aliphatic carboxylic acids is 1. The fourth-order valence-corrected chi connectivity index (χ4v) is 2.32. The average Bonchev–Trinajstić information content (AvgIpc) is 3.21. The van der Waals surface area contributed by atoms with Gasteiger partial charge in [-0.2, -0.15) is 0 Å². The van der Waals surface area contributed by atoms with Gasteiger partial charge >= 0.3 is 12.1 Å². The number of carboxylic acid groups (broad SMARTS) is 1. The van der Waals surface area contributed by atoms with Gasteiger partial charge in [-0.3, -0.25) is 4.79 Å². The quantitative estimate of drug-likeness (QED) is 0.838. The Morgan fingerprint density at radius 2 is 2.00 bits per heavy atom. The lowest BCUT2D eigenvalue weighted by Gasteiger charge is -2.28. The lowest BCUT2D eigenvalue weighted by Crippen LogP contribution is -2.49. The molecule has 108 valence electrons. The van der Waals surface area contributed by atoms with Crippen LogP contribution < -0.4 is 5.32 Å². The van der Waals surface area contributed by atoms with Crippen LogP contribution in [0.5, 0.6) is 0 Å². The Balaban J connectivity index is 1.87. The van der Waals surface area contributed by atoms with Crippen molar-refractivity contribution in [2.24, 2.45) is 5.92 Å². The molecular formula is C15H19NO4. The van der Waals surface area contributed by atoms with Crippen molar-refractivity contribution in [3.05, 3.63) is 35.9 Å². The van der Waals surface area contributed by atoms with Gasteiger partial charge in [-0.05, 0) is 31.2 Å². The third kappa shape index (κ3) is 3.98. The van der Waals surface area contributed by atoms with Gasteiger partial charge in [0.05, 0.1) is 12.0 Å². The van der Waals surface area contributed by atoms with Crippen LogP contribution in [-0.2, 0) is 16.1 Å². The van der Waals surface area contributed by atoms with Gasteiger partial charge < -0.3 is 15.2 Å². The van der Waals surface area contributed by atoms with Crippen molar-refractivity contribution in [3.8, 4) is 0 Å². The molecule has 1 saturated carbocycles. The maximum absolute atomic E-state index is 11.8. The van der Waals surface area contributed by atoms with Gasteiger partial charge in [0.2, 0.25) is 0 Å². The van der Waals surface area contributed by atoms with E-state index in [9.17, 15) is 9.59 Å². The number of rotatable bonds is 6. The number of amides is 1. The lowest BCUT2D eigenvalue weighted by molar-refractivity contribution is -0.138. The minimum absolute atomic E-state index is 0.0852. The minimum Gasteiger partial charge on any atom is -0.481 e. The highest BCUT2D eigenvalue weighted by atomic mass is 16.5. The van der Waals surface area contributed by atoms with E-state index in [-0.39, 0.29) is 18.9 Å². The molecule has 1 atom stereocenters. The van der Waals surface area contributed by atoms with Gasteiger partial charge in [0.15, 0.2) is 0 Å². The largest absolute Gasteiger partial charge is 0.481 e. The second kappa shape index (κ2) is 5.94. The highest BCUT2D eigenvalue weighted by Crippen LogP contribution is 2.41. The van der Waals surface area contributed by atoms with E-state index in [4.69, 9.17) is 9.84 Å². The van der Waals surface area contributed by atoms with Crippen LogP contribution in [0.25, 0.3) is 0 Å². The fourth-order valence-electron chi connectivity index (χ4n) is 2.32. The maximum Gasteiger partial charge on any atom is 0.407 e. The summed E-state index contributed by atoms with van der Waals surface area (Å²) in [6.45, 7) is 1.95. The smallest absolute Gasteiger partial charge is 0.407 e. The summed E-state index contributed by atoms with van der Waals surface area (Å²) in [6, 6.07) is 9.36. The van der Waals surface area contributed by atoms with Crippen LogP contribution in [0, 0.1) is 5.92 Å². The summed E-state index contributed by atoms with van der Waals surface area (Å²) in [5.74, 6) is -0.689. The molecule has 1 fully saturated rings. The molecule has 1 aliphatic rings. The first-order chi connectivity index (χ1) is 9.49. The molecule has 1 aliphatic carbocycles. The minimum atomic E-state index is -0.914. The molecule has 0 saturated heterocycles. The van der Waals surface area contributed by atoms with Crippen LogP contribution in [0.3, 0.4) is 0 Å². The van der Waals surface area contributed by atoms with E-state index >= 15 is 0 Å². The molecule has 1 aromatic carbocycles. The van der Waals surface area contributed by atoms with Crippen LogP contribution in [0.1, 0.15) is 31.7 Å². The summed E-state index contributed by atoms with van der Waals surface area (Å²) in [5, 5.41) is 11.7. The van der Waals surface area contributed by atoms with Crippen molar-refractivity contribution in [2.45, 2.75) is 38.3 Å². The molecule has 0 bridgehead atoms. The summed E-state index contributed by atoms with van der Waals surface area (Å²) >= 11 is 0. The molecule has 5 heteroatoms. The molecule has 0 spiro atoms. The molecule has 0 aromatic heterocycles. The molecule has 1 amide bonds. The summed E-state index contributed by atoms with van der Waals surface area (Å²) in [6.07, 6.45) is 1.24.